The summed E-state index contributed by atoms with van der Waals surface area (Å²) in [5.41, 5.74) is 0.880. The van der Waals surface area contributed by atoms with Crippen LogP contribution in [0.15, 0.2) is 59.5 Å². The van der Waals surface area contributed by atoms with Crippen molar-refractivity contribution in [3.63, 3.8) is 0 Å². The van der Waals surface area contributed by atoms with E-state index in [2.05, 4.69) is 5.32 Å². The fourth-order valence-corrected chi connectivity index (χ4v) is 3.47. The Bertz CT molecular complexity index is 836. The van der Waals surface area contributed by atoms with Crippen molar-refractivity contribution >= 4 is 15.9 Å². The first-order chi connectivity index (χ1) is 12.3. The molecule has 2 aromatic carbocycles. The summed E-state index contributed by atoms with van der Waals surface area (Å²) in [5, 5.41) is 2.73. The predicted molar refractivity (Wildman–Crippen MR) is 100 cm³/mol. The molecule has 0 aliphatic carbocycles. The second kappa shape index (κ2) is 8.82. The molecule has 0 bridgehead atoms. The van der Waals surface area contributed by atoms with Gasteiger partial charge in [0, 0.05) is 13.6 Å². The average Bonchev–Trinajstić information content (AvgIpc) is 2.60. The number of hydrogen-bond acceptors (Lipinski definition) is 4. The number of sulfonamides is 1. The number of benzene rings is 2. The van der Waals surface area contributed by atoms with Crippen LogP contribution in [0, 0.1) is 0 Å². The Morgan fingerprint density at radius 3 is 2.46 bits per heavy atom. The van der Waals surface area contributed by atoms with Crippen LogP contribution in [0.4, 0.5) is 0 Å². The van der Waals surface area contributed by atoms with E-state index in [0.717, 1.165) is 15.6 Å². The lowest BCUT2D eigenvalue weighted by molar-refractivity contribution is -0.121. The van der Waals surface area contributed by atoms with Crippen LogP contribution in [-0.2, 0) is 21.4 Å². The number of rotatable bonds is 8. The quantitative estimate of drug-likeness (QED) is 0.768. The number of nitrogens with zero attached hydrogens (tertiary/aromatic N) is 1. The normalized spacial score (nSPS) is 11.6. The van der Waals surface area contributed by atoms with Crippen LogP contribution in [0.25, 0.3) is 0 Å². The molecule has 26 heavy (non-hydrogen) atoms. The van der Waals surface area contributed by atoms with E-state index in [1.807, 2.05) is 38.1 Å². The number of carbonyl (C=O) groups is 1. The van der Waals surface area contributed by atoms with E-state index in [4.69, 9.17) is 4.74 Å². The lowest BCUT2D eigenvalue weighted by atomic mass is 10.2. The third-order valence-electron chi connectivity index (χ3n) is 3.58. The number of ether oxygens (including phenoxy) is 1. The molecule has 1 N–H and O–H groups in total. The van der Waals surface area contributed by atoms with Gasteiger partial charge in [-0.15, -0.1) is 0 Å². The van der Waals surface area contributed by atoms with Gasteiger partial charge in [-0.3, -0.25) is 4.79 Å². The highest BCUT2D eigenvalue weighted by molar-refractivity contribution is 7.89. The fourth-order valence-electron chi connectivity index (χ4n) is 2.32. The number of carbonyl (C=O) groups excluding carboxylic acids is 1. The summed E-state index contributed by atoms with van der Waals surface area (Å²) in [5.74, 6) is 0.359. The molecule has 0 fully saturated rings. The van der Waals surface area contributed by atoms with Gasteiger partial charge in [-0.05, 0) is 43.7 Å². The Morgan fingerprint density at radius 1 is 1.12 bits per heavy atom. The molecule has 0 saturated carbocycles. The minimum Gasteiger partial charge on any atom is -0.491 e. The van der Waals surface area contributed by atoms with Crippen molar-refractivity contribution in [2.24, 2.45) is 0 Å². The van der Waals surface area contributed by atoms with E-state index in [1.54, 1.807) is 18.2 Å². The summed E-state index contributed by atoms with van der Waals surface area (Å²) in [6.07, 6.45) is 0.0664. The molecular weight excluding hydrogens is 352 g/mol. The highest BCUT2D eigenvalue weighted by atomic mass is 32.2. The van der Waals surface area contributed by atoms with Crippen molar-refractivity contribution in [2.45, 2.75) is 31.4 Å². The van der Waals surface area contributed by atoms with Gasteiger partial charge in [0.2, 0.25) is 15.9 Å². The number of likely N-dealkylation sites (N-methyl/N-ethyl adjacent to an activating group) is 1. The molecule has 0 aliphatic heterocycles. The first-order valence-electron chi connectivity index (χ1n) is 8.32. The number of nitrogens with one attached hydrogen (secondary N) is 1. The zero-order valence-electron chi connectivity index (χ0n) is 15.2. The zero-order chi connectivity index (χ0) is 19.2. The molecule has 140 valence electrons. The van der Waals surface area contributed by atoms with Crippen LogP contribution < -0.4 is 10.1 Å². The number of hydrogen-bond donors (Lipinski definition) is 1. The Hall–Kier alpha value is -2.38. The Morgan fingerprint density at radius 2 is 1.81 bits per heavy atom. The van der Waals surface area contributed by atoms with E-state index in [-0.39, 0.29) is 23.5 Å². The molecule has 6 nitrogen and oxygen atoms in total. The third-order valence-corrected chi connectivity index (χ3v) is 5.40. The van der Waals surface area contributed by atoms with Gasteiger partial charge < -0.3 is 10.1 Å². The lowest BCUT2D eigenvalue weighted by Crippen LogP contribution is -2.38. The summed E-state index contributed by atoms with van der Waals surface area (Å²) >= 11 is 0. The lowest BCUT2D eigenvalue weighted by Gasteiger charge is -2.17. The maximum Gasteiger partial charge on any atom is 0.243 e. The molecule has 7 heteroatoms. The van der Waals surface area contributed by atoms with Crippen molar-refractivity contribution in [1.82, 2.24) is 9.62 Å². The van der Waals surface area contributed by atoms with E-state index in [1.165, 1.54) is 19.2 Å². The third kappa shape index (κ3) is 5.57. The SMILES string of the molecule is CC(C)Oc1cccc(CNC(=O)CN(C)S(=O)(=O)c2ccccc2)c1. The van der Waals surface area contributed by atoms with E-state index in [0.29, 0.717) is 6.54 Å². The second-order valence-corrected chi connectivity index (χ2v) is 8.21. The predicted octanol–water partition coefficient (Wildman–Crippen LogP) is 2.41. The molecule has 0 radical (unpaired) electrons. The minimum atomic E-state index is -3.68. The standard InChI is InChI=1S/C19H24N2O4S/c1-15(2)25-17-9-7-8-16(12-17)13-20-19(22)14-21(3)26(23,24)18-10-5-4-6-11-18/h4-12,15H,13-14H2,1-3H3,(H,20,22). The van der Waals surface area contributed by atoms with Gasteiger partial charge in [0.25, 0.3) is 0 Å². The van der Waals surface area contributed by atoms with Crippen LogP contribution in [0.1, 0.15) is 19.4 Å². The highest BCUT2D eigenvalue weighted by Crippen LogP contribution is 2.15. The molecule has 0 aliphatic rings. The van der Waals surface area contributed by atoms with Gasteiger partial charge in [-0.2, -0.15) is 4.31 Å². The maximum absolute atomic E-state index is 12.4. The van der Waals surface area contributed by atoms with Crippen LogP contribution in [0.5, 0.6) is 5.75 Å². The van der Waals surface area contributed by atoms with Crippen molar-refractivity contribution in [1.29, 1.82) is 0 Å². The molecule has 0 heterocycles. The molecule has 0 atom stereocenters. The second-order valence-electron chi connectivity index (χ2n) is 6.16. The molecule has 0 saturated heterocycles. The van der Waals surface area contributed by atoms with Gasteiger partial charge in [-0.1, -0.05) is 30.3 Å². The van der Waals surface area contributed by atoms with E-state index < -0.39 is 10.0 Å². The summed E-state index contributed by atoms with van der Waals surface area (Å²) in [6, 6.07) is 15.5. The van der Waals surface area contributed by atoms with Crippen LogP contribution in [0.2, 0.25) is 0 Å². The van der Waals surface area contributed by atoms with Gasteiger partial charge in [0.1, 0.15) is 5.75 Å². The maximum atomic E-state index is 12.4. The van der Waals surface area contributed by atoms with Crippen molar-refractivity contribution in [2.75, 3.05) is 13.6 Å². The van der Waals surface area contributed by atoms with Crippen molar-refractivity contribution in [3.05, 3.63) is 60.2 Å². The van der Waals surface area contributed by atoms with Crippen LogP contribution >= 0.6 is 0 Å². The van der Waals surface area contributed by atoms with E-state index >= 15 is 0 Å². The van der Waals surface area contributed by atoms with E-state index in [9.17, 15) is 13.2 Å². The molecule has 0 spiro atoms. The minimum absolute atomic E-state index is 0.0664. The van der Waals surface area contributed by atoms with Gasteiger partial charge >= 0.3 is 0 Å². The van der Waals surface area contributed by atoms with Gasteiger partial charge in [0.05, 0.1) is 17.5 Å². The summed E-state index contributed by atoms with van der Waals surface area (Å²) < 4.78 is 31.5. The van der Waals surface area contributed by atoms with Crippen molar-refractivity contribution < 1.29 is 17.9 Å². The molecular formula is C19H24N2O4S. The molecule has 2 aromatic rings. The summed E-state index contributed by atoms with van der Waals surface area (Å²) in [6.45, 7) is 3.93. The monoisotopic (exact) mass is 376 g/mol. The fraction of sp³-hybridized carbons (Fsp3) is 0.316. The number of amides is 1. The summed E-state index contributed by atoms with van der Waals surface area (Å²) in [4.78, 5) is 12.3. The van der Waals surface area contributed by atoms with Gasteiger partial charge in [0.15, 0.2) is 0 Å². The van der Waals surface area contributed by atoms with Crippen molar-refractivity contribution in [3.8, 4) is 5.75 Å². The highest BCUT2D eigenvalue weighted by Gasteiger charge is 2.22. The Balaban J connectivity index is 1.93. The van der Waals surface area contributed by atoms with Crippen LogP contribution in [-0.4, -0.2) is 38.3 Å². The molecule has 0 aromatic heterocycles. The smallest absolute Gasteiger partial charge is 0.243 e. The average molecular weight is 376 g/mol. The topological polar surface area (TPSA) is 75.7 Å². The largest absolute Gasteiger partial charge is 0.491 e. The Kier molecular flexibility index (Phi) is 6.76. The first-order valence-corrected chi connectivity index (χ1v) is 9.76. The zero-order valence-corrected chi connectivity index (χ0v) is 16.0. The molecule has 0 unspecified atom stereocenters. The molecule has 2 rings (SSSR count). The van der Waals surface area contributed by atoms with Crippen LogP contribution in [0.3, 0.4) is 0 Å². The summed E-state index contributed by atoms with van der Waals surface area (Å²) in [7, 11) is -2.30. The Labute approximate surface area is 154 Å². The molecule has 1 amide bonds. The first kappa shape index (κ1) is 19.9. The van der Waals surface area contributed by atoms with Gasteiger partial charge in [-0.25, -0.2) is 8.42 Å².